The summed E-state index contributed by atoms with van der Waals surface area (Å²) in [5.74, 6) is 1.45. The minimum Gasteiger partial charge on any atom is -0.461 e. The van der Waals surface area contributed by atoms with Gasteiger partial charge in [-0.15, -0.1) is 0 Å². The zero-order valence-electron chi connectivity index (χ0n) is 15.9. The van der Waals surface area contributed by atoms with Gasteiger partial charge in [0, 0.05) is 0 Å². The monoisotopic (exact) mass is 350 g/mol. The fraction of sp³-hybridized carbons (Fsp3) is 0.952. The average molecular weight is 351 g/mol. The summed E-state index contributed by atoms with van der Waals surface area (Å²) in [7, 11) is 0. The third-order valence-corrected chi connectivity index (χ3v) is 7.22. The summed E-state index contributed by atoms with van der Waals surface area (Å²) in [5, 5.41) is 0. The van der Waals surface area contributed by atoms with Crippen LogP contribution < -0.4 is 11.5 Å². The van der Waals surface area contributed by atoms with E-state index >= 15 is 0 Å². The van der Waals surface area contributed by atoms with E-state index in [1.165, 1.54) is 57.8 Å². The van der Waals surface area contributed by atoms with E-state index in [1.807, 2.05) is 0 Å². The van der Waals surface area contributed by atoms with Gasteiger partial charge in [0.25, 0.3) is 0 Å². The van der Waals surface area contributed by atoms with Crippen molar-refractivity contribution < 1.29 is 9.53 Å². The normalized spacial score (nSPS) is 31.6. The van der Waals surface area contributed by atoms with Gasteiger partial charge in [0.1, 0.15) is 11.6 Å². The predicted octanol–water partition coefficient (Wildman–Crippen LogP) is 3.91. The first-order valence-corrected chi connectivity index (χ1v) is 10.8. The molecule has 0 aromatic carbocycles. The van der Waals surface area contributed by atoms with Gasteiger partial charge in [0.15, 0.2) is 0 Å². The Bertz CT molecular complexity index is 422. The first kappa shape index (κ1) is 19.2. The maximum atomic E-state index is 13.1. The number of carbonyl (C=O) groups is 1. The van der Waals surface area contributed by atoms with Crippen LogP contribution >= 0.6 is 0 Å². The molecule has 25 heavy (non-hydrogen) atoms. The Hall–Kier alpha value is -0.610. The molecule has 0 saturated heterocycles. The van der Waals surface area contributed by atoms with Gasteiger partial charge in [-0.25, -0.2) is 0 Å². The van der Waals surface area contributed by atoms with Gasteiger partial charge in [0.05, 0.1) is 0 Å². The van der Waals surface area contributed by atoms with Crippen LogP contribution in [-0.2, 0) is 9.53 Å². The van der Waals surface area contributed by atoms with Gasteiger partial charge in [-0.2, -0.15) is 0 Å². The molecule has 0 aromatic heterocycles. The summed E-state index contributed by atoms with van der Waals surface area (Å²) in [4.78, 5) is 13.1. The highest BCUT2D eigenvalue weighted by Gasteiger charge is 2.46. The fourth-order valence-corrected chi connectivity index (χ4v) is 5.45. The molecule has 3 fully saturated rings. The molecule has 0 heterocycles. The Kier molecular flexibility index (Phi) is 6.79. The summed E-state index contributed by atoms with van der Waals surface area (Å²) < 4.78 is 5.93. The van der Waals surface area contributed by atoms with Crippen LogP contribution in [0.1, 0.15) is 89.9 Å². The van der Waals surface area contributed by atoms with E-state index in [4.69, 9.17) is 16.2 Å². The summed E-state index contributed by atoms with van der Waals surface area (Å²) in [6.45, 7) is 0.798. The molecule has 0 aromatic rings. The first-order valence-electron chi connectivity index (χ1n) is 10.8. The number of esters is 1. The van der Waals surface area contributed by atoms with Crippen molar-refractivity contribution in [2.75, 3.05) is 6.54 Å². The van der Waals surface area contributed by atoms with Crippen LogP contribution in [0.25, 0.3) is 0 Å². The van der Waals surface area contributed by atoms with Crippen molar-refractivity contribution in [3.05, 3.63) is 0 Å². The molecular weight excluding hydrogens is 312 g/mol. The molecule has 0 radical (unpaired) electrons. The van der Waals surface area contributed by atoms with Crippen LogP contribution in [0.5, 0.6) is 0 Å². The van der Waals surface area contributed by atoms with Gasteiger partial charge < -0.3 is 16.2 Å². The molecule has 0 unspecified atom stereocenters. The van der Waals surface area contributed by atoms with E-state index in [0.29, 0.717) is 17.8 Å². The molecule has 3 rings (SSSR count). The Morgan fingerprint density at radius 1 is 0.840 bits per heavy atom. The molecule has 144 valence electrons. The zero-order chi connectivity index (χ0) is 17.7. The van der Waals surface area contributed by atoms with E-state index in [1.54, 1.807) is 0 Å². The summed E-state index contributed by atoms with van der Waals surface area (Å²) in [5.41, 5.74) is 12.0. The minimum absolute atomic E-state index is 0.0905. The summed E-state index contributed by atoms with van der Waals surface area (Å²) in [6.07, 6.45) is 16.0. The van der Waals surface area contributed by atoms with E-state index < -0.39 is 5.54 Å². The smallest absolute Gasteiger partial charge is 0.326 e. The topological polar surface area (TPSA) is 78.3 Å². The van der Waals surface area contributed by atoms with E-state index in [-0.39, 0.29) is 12.1 Å². The number of ether oxygens (including phenoxy) is 1. The van der Waals surface area contributed by atoms with Crippen molar-refractivity contribution in [1.82, 2.24) is 0 Å². The lowest BCUT2D eigenvalue weighted by atomic mass is 9.68. The second-order valence-electron chi connectivity index (χ2n) is 9.01. The molecule has 3 aliphatic carbocycles. The Morgan fingerprint density at radius 3 is 2.00 bits per heavy atom. The van der Waals surface area contributed by atoms with Crippen molar-refractivity contribution in [3.63, 3.8) is 0 Å². The lowest BCUT2D eigenvalue weighted by Gasteiger charge is -2.41. The summed E-state index contributed by atoms with van der Waals surface area (Å²) in [6, 6.07) is 0. The third kappa shape index (κ3) is 4.77. The van der Waals surface area contributed by atoms with Crippen molar-refractivity contribution in [2.45, 2.75) is 102 Å². The number of hydrogen-bond donors (Lipinski definition) is 2. The lowest BCUT2D eigenvalue weighted by molar-refractivity contribution is -0.159. The Balaban J connectivity index is 1.66. The average Bonchev–Trinajstić information content (AvgIpc) is 3.16. The second-order valence-corrected chi connectivity index (χ2v) is 9.01. The molecule has 0 bridgehead atoms. The van der Waals surface area contributed by atoms with Gasteiger partial charge in [-0.05, 0) is 82.1 Å². The molecule has 0 spiro atoms. The third-order valence-electron chi connectivity index (χ3n) is 7.22. The van der Waals surface area contributed by atoms with E-state index in [2.05, 4.69) is 0 Å². The largest absolute Gasteiger partial charge is 0.461 e. The molecule has 0 aliphatic heterocycles. The van der Waals surface area contributed by atoms with Gasteiger partial charge in [0.2, 0.25) is 0 Å². The highest BCUT2D eigenvalue weighted by molar-refractivity contribution is 5.81. The van der Waals surface area contributed by atoms with Crippen LogP contribution in [-0.4, -0.2) is 24.2 Å². The lowest BCUT2D eigenvalue weighted by Crippen LogP contribution is -2.57. The number of nitrogens with two attached hydrogens (primary N) is 2. The maximum Gasteiger partial charge on any atom is 0.326 e. The van der Waals surface area contributed by atoms with Crippen LogP contribution in [0, 0.1) is 17.8 Å². The summed E-state index contributed by atoms with van der Waals surface area (Å²) >= 11 is 0. The first-order chi connectivity index (χ1) is 12.1. The van der Waals surface area contributed by atoms with Crippen molar-refractivity contribution in [3.8, 4) is 0 Å². The highest BCUT2D eigenvalue weighted by Crippen LogP contribution is 2.40. The quantitative estimate of drug-likeness (QED) is 0.712. The number of hydrogen-bond acceptors (Lipinski definition) is 4. The van der Waals surface area contributed by atoms with E-state index in [9.17, 15) is 4.79 Å². The van der Waals surface area contributed by atoms with Crippen LogP contribution in [0.4, 0.5) is 0 Å². The maximum absolute atomic E-state index is 13.1. The van der Waals surface area contributed by atoms with E-state index in [0.717, 1.165) is 38.6 Å². The second kappa shape index (κ2) is 8.85. The van der Waals surface area contributed by atoms with Gasteiger partial charge >= 0.3 is 5.97 Å². The number of rotatable bonds is 6. The van der Waals surface area contributed by atoms with Crippen molar-refractivity contribution >= 4 is 5.97 Å². The van der Waals surface area contributed by atoms with Crippen molar-refractivity contribution in [2.24, 2.45) is 29.2 Å². The fourth-order valence-electron chi connectivity index (χ4n) is 5.45. The Labute approximate surface area is 153 Å². The molecule has 1 atom stereocenters. The van der Waals surface area contributed by atoms with Crippen LogP contribution in [0.15, 0.2) is 0 Å². The minimum atomic E-state index is -0.761. The van der Waals surface area contributed by atoms with Crippen LogP contribution in [0.3, 0.4) is 0 Å². The molecule has 4 nitrogen and oxygen atoms in total. The van der Waals surface area contributed by atoms with Gasteiger partial charge in [-0.1, -0.05) is 32.1 Å². The SMILES string of the molecule is NCC1CCC(C[C@@](N)(C(=O)OC2CCCC2)C2CCCCC2)CC1. The standard InChI is InChI=1S/C21H38N2O2/c22-15-17-12-10-16(11-13-17)14-21(23,18-6-2-1-3-7-18)20(24)25-19-8-4-5-9-19/h16-19H,1-15,22-23H2/t16?,17?,21-/m0/s1. The Morgan fingerprint density at radius 2 is 1.40 bits per heavy atom. The van der Waals surface area contributed by atoms with Gasteiger partial charge in [-0.3, -0.25) is 4.79 Å². The van der Waals surface area contributed by atoms with Crippen LogP contribution in [0.2, 0.25) is 0 Å². The molecule has 3 aliphatic rings. The zero-order valence-corrected chi connectivity index (χ0v) is 15.9. The molecular formula is C21H38N2O2. The molecule has 0 amide bonds. The van der Waals surface area contributed by atoms with Crippen molar-refractivity contribution in [1.29, 1.82) is 0 Å². The predicted molar refractivity (Wildman–Crippen MR) is 101 cm³/mol. The number of carbonyl (C=O) groups excluding carboxylic acids is 1. The molecule has 4 N–H and O–H groups in total. The molecule has 3 saturated carbocycles. The highest BCUT2D eigenvalue weighted by atomic mass is 16.5. The molecule has 4 heteroatoms.